The van der Waals surface area contributed by atoms with Crippen LogP contribution in [0, 0.1) is 24.2 Å². The van der Waals surface area contributed by atoms with Crippen LogP contribution >= 0.6 is 0 Å². The summed E-state index contributed by atoms with van der Waals surface area (Å²) in [5.41, 5.74) is 1.85. The fourth-order valence-electron chi connectivity index (χ4n) is 3.45. The van der Waals surface area contributed by atoms with Crippen LogP contribution in [0.5, 0.6) is 11.5 Å². The molecule has 0 atom stereocenters. The number of hydrogen-bond donors (Lipinski definition) is 0. The summed E-state index contributed by atoms with van der Waals surface area (Å²) in [6.45, 7) is 4.58. The largest absolute Gasteiger partial charge is 0.457 e. The van der Waals surface area contributed by atoms with Gasteiger partial charge in [-0.05, 0) is 63.2 Å². The number of benzene rings is 2. The number of para-hydroxylation sites is 1. The minimum absolute atomic E-state index is 0.192. The van der Waals surface area contributed by atoms with Gasteiger partial charge in [0.05, 0.1) is 11.8 Å². The van der Waals surface area contributed by atoms with E-state index in [1.807, 2.05) is 61.5 Å². The molecule has 3 aromatic rings. The lowest BCUT2D eigenvalue weighted by molar-refractivity contribution is 0.195. The molecular weight excluding hydrogens is 350 g/mol. The van der Waals surface area contributed by atoms with Gasteiger partial charge in [-0.25, -0.2) is 4.98 Å². The minimum atomic E-state index is 0.192. The van der Waals surface area contributed by atoms with Gasteiger partial charge in [0, 0.05) is 18.0 Å². The van der Waals surface area contributed by atoms with Gasteiger partial charge in [0.15, 0.2) is 0 Å². The Hall–Kier alpha value is -3.10. The number of ether oxygens (including phenoxy) is 1. The number of oxazole rings is 1. The molecule has 4 rings (SSSR count). The number of aryl methyl sites for hydroxylation is 1. The maximum Gasteiger partial charge on any atom is 0.226 e. The highest BCUT2D eigenvalue weighted by molar-refractivity contribution is 5.57. The van der Waals surface area contributed by atoms with Crippen LogP contribution in [0.25, 0.3) is 11.5 Å². The van der Waals surface area contributed by atoms with Crippen molar-refractivity contribution in [1.29, 1.82) is 5.26 Å². The lowest BCUT2D eigenvalue weighted by atomic mass is 9.98. The molecule has 0 spiro atoms. The number of nitriles is 1. The minimum Gasteiger partial charge on any atom is -0.457 e. The van der Waals surface area contributed by atoms with E-state index in [0.717, 1.165) is 61.0 Å². The van der Waals surface area contributed by atoms with E-state index in [1.165, 1.54) is 0 Å². The molecule has 2 heterocycles. The molecule has 0 amide bonds. The number of rotatable bonds is 5. The molecule has 0 aliphatic carbocycles. The second kappa shape index (κ2) is 8.28. The molecule has 1 aliphatic heterocycles. The van der Waals surface area contributed by atoms with E-state index < -0.39 is 0 Å². The van der Waals surface area contributed by atoms with Crippen LogP contribution in [0.15, 0.2) is 59.0 Å². The van der Waals surface area contributed by atoms with Crippen LogP contribution in [-0.2, 0) is 6.54 Å². The molecule has 28 heavy (non-hydrogen) atoms. The molecule has 0 radical (unpaired) electrons. The van der Waals surface area contributed by atoms with Crippen LogP contribution in [0.4, 0.5) is 0 Å². The summed E-state index contributed by atoms with van der Waals surface area (Å²) >= 11 is 0. The summed E-state index contributed by atoms with van der Waals surface area (Å²) in [5.74, 6) is 3.19. The summed E-state index contributed by atoms with van der Waals surface area (Å²) in [5, 5.41) is 9.05. The van der Waals surface area contributed by atoms with E-state index in [2.05, 4.69) is 11.0 Å². The first-order valence-corrected chi connectivity index (χ1v) is 9.63. The Kier molecular flexibility index (Phi) is 5.41. The molecule has 1 fully saturated rings. The molecule has 1 aliphatic rings. The van der Waals surface area contributed by atoms with E-state index in [-0.39, 0.29) is 5.92 Å². The number of likely N-dealkylation sites (tertiary alicyclic amines) is 1. The van der Waals surface area contributed by atoms with Crippen molar-refractivity contribution in [3.8, 4) is 29.0 Å². The number of piperidine rings is 1. The van der Waals surface area contributed by atoms with Crippen molar-refractivity contribution in [1.82, 2.24) is 9.88 Å². The molecule has 5 nitrogen and oxygen atoms in total. The Bertz CT molecular complexity index is 967. The second-order valence-corrected chi connectivity index (χ2v) is 7.14. The topological polar surface area (TPSA) is 62.3 Å². The highest BCUT2D eigenvalue weighted by Gasteiger charge is 2.21. The van der Waals surface area contributed by atoms with Gasteiger partial charge in [0.2, 0.25) is 5.89 Å². The maximum atomic E-state index is 9.05. The maximum absolute atomic E-state index is 9.05. The van der Waals surface area contributed by atoms with Crippen LogP contribution in [0.2, 0.25) is 0 Å². The van der Waals surface area contributed by atoms with Gasteiger partial charge < -0.3 is 9.15 Å². The first kappa shape index (κ1) is 18.3. The monoisotopic (exact) mass is 373 g/mol. The molecule has 5 heteroatoms. The van der Waals surface area contributed by atoms with E-state index in [1.54, 1.807) is 0 Å². The summed E-state index contributed by atoms with van der Waals surface area (Å²) in [4.78, 5) is 7.08. The lowest BCUT2D eigenvalue weighted by Crippen LogP contribution is -2.33. The van der Waals surface area contributed by atoms with Gasteiger partial charge in [0.25, 0.3) is 0 Å². The fourth-order valence-corrected chi connectivity index (χ4v) is 3.45. The van der Waals surface area contributed by atoms with Gasteiger partial charge in [-0.1, -0.05) is 24.3 Å². The highest BCUT2D eigenvalue weighted by Crippen LogP contribution is 2.29. The van der Waals surface area contributed by atoms with E-state index >= 15 is 0 Å². The number of nitrogens with zero attached hydrogens (tertiary/aromatic N) is 3. The highest BCUT2D eigenvalue weighted by atomic mass is 16.5. The first-order valence-electron chi connectivity index (χ1n) is 9.63. The van der Waals surface area contributed by atoms with Gasteiger partial charge in [0.1, 0.15) is 17.3 Å². The van der Waals surface area contributed by atoms with Gasteiger partial charge in [-0.15, -0.1) is 0 Å². The molecular formula is C23H23N3O2. The predicted molar refractivity (Wildman–Crippen MR) is 107 cm³/mol. The summed E-state index contributed by atoms with van der Waals surface area (Å²) in [6, 6.07) is 19.9. The van der Waals surface area contributed by atoms with Crippen molar-refractivity contribution in [3.05, 3.63) is 66.1 Å². The van der Waals surface area contributed by atoms with Crippen molar-refractivity contribution in [2.45, 2.75) is 26.3 Å². The van der Waals surface area contributed by atoms with Crippen LogP contribution in [-0.4, -0.2) is 23.0 Å². The Labute approximate surface area is 165 Å². The van der Waals surface area contributed by atoms with Gasteiger partial charge in [-0.3, -0.25) is 4.90 Å². The van der Waals surface area contributed by atoms with Gasteiger partial charge in [-0.2, -0.15) is 5.26 Å². The Balaban J connectivity index is 1.47. The van der Waals surface area contributed by atoms with Crippen molar-refractivity contribution >= 4 is 0 Å². The number of hydrogen-bond acceptors (Lipinski definition) is 5. The van der Waals surface area contributed by atoms with Crippen molar-refractivity contribution in [2.75, 3.05) is 13.1 Å². The fraction of sp³-hybridized carbons (Fsp3) is 0.304. The smallest absolute Gasteiger partial charge is 0.226 e. The van der Waals surface area contributed by atoms with Crippen molar-refractivity contribution < 1.29 is 9.15 Å². The molecule has 0 saturated carbocycles. The molecule has 2 aromatic carbocycles. The molecule has 142 valence electrons. The van der Waals surface area contributed by atoms with Crippen LogP contribution in [0.1, 0.15) is 24.3 Å². The predicted octanol–water partition coefficient (Wildman–Crippen LogP) is 5.18. The Morgan fingerprint density at radius 1 is 1.11 bits per heavy atom. The molecule has 0 bridgehead atoms. The van der Waals surface area contributed by atoms with Crippen LogP contribution < -0.4 is 4.74 Å². The SMILES string of the molecule is Cc1oc(-c2cccc(Oc3ccccc3)c2)nc1CN1CCC(C#N)CC1. The third-order valence-corrected chi connectivity index (χ3v) is 5.10. The standard InChI is InChI=1S/C23H23N3O2/c1-17-22(16-26-12-10-18(15-24)11-13-26)25-23(27-17)19-6-5-9-21(14-19)28-20-7-3-2-4-8-20/h2-9,14,18H,10-13,16H2,1H3. The second-order valence-electron chi connectivity index (χ2n) is 7.14. The molecule has 0 unspecified atom stereocenters. The summed E-state index contributed by atoms with van der Waals surface area (Å²) in [6.07, 6.45) is 1.86. The van der Waals surface area contributed by atoms with E-state index in [0.29, 0.717) is 5.89 Å². The van der Waals surface area contributed by atoms with Crippen LogP contribution in [0.3, 0.4) is 0 Å². The normalized spacial score (nSPS) is 15.3. The zero-order valence-corrected chi connectivity index (χ0v) is 16.0. The first-order chi connectivity index (χ1) is 13.7. The molecule has 0 N–H and O–H groups in total. The number of aromatic nitrogens is 1. The Morgan fingerprint density at radius 3 is 2.61 bits per heavy atom. The van der Waals surface area contributed by atoms with Crippen molar-refractivity contribution in [2.24, 2.45) is 5.92 Å². The lowest BCUT2D eigenvalue weighted by Gasteiger charge is -2.28. The average molecular weight is 373 g/mol. The zero-order valence-electron chi connectivity index (χ0n) is 16.0. The third-order valence-electron chi connectivity index (χ3n) is 5.10. The van der Waals surface area contributed by atoms with Crippen molar-refractivity contribution in [3.63, 3.8) is 0 Å². The Morgan fingerprint density at radius 2 is 1.86 bits per heavy atom. The van der Waals surface area contributed by atoms with E-state index in [4.69, 9.17) is 19.4 Å². The zero-order chi connectivity index (χ0) is 19.3. The average Bonchev–Trinajstić information content (AvgIpc) is 3.10. The molecule has 1 aromatic heterocycles. The van der Waals surface area contributed by atoms with E-state index in [9.17, 15) is 0 Å². The van der Waals surface area contributed by atoms with Gasteiger partial charge >= 0.3 is 0 Å². The third kappa shape index (κ3) is 4.24. The quantitative estimate of drug-likeness (QED) is 0.617. The summed E-state index contributed by atoms with van der Waals surface area (Å²) < 4.78 is 11.9. The molecule has 1 saturated heterocycles. The summed E-state index contributed by atoms with van der Waals surface area (Å²) in [7, 11) is 0.